The van der Waals surface area contributed by atoms with Gasteiger partial charge in [-0.1, -0.05) is 0 Å². The van der Waals surface area contributed by atoms with Gasteiger partial charge < -0.3 is 15.8 Å². The Bertz CT molecular complexity index is 231. The molecule has 0 radical (unpaired) electrons. The van der Waals surface area contributed by atoms with Crippen molar-refractivity contribution in [2.45, 2.75) is 25.4 Å². The predicted octanol–water partition coefficient (Wildman–Crippen LogP) is -0.829. The molecule has 1 unspecified atom stereocenters. The lowest BCUT2D eigenvalue weighted by Gasteiger charge is -2.46. The minimum absolute atomic E-state index is 0.0212. The first-order chi connectivity index (χ1) is 7.03. The largest absolute Gasteiger partial charge is 0.383 e. The molecule has 5 heteroatoms. The van der Waals surface area contributed by atoms with Gasteiger partial charge in [0.05, 0.1) is 6.61 Å². The van der Waals surface area contributed by atoms with E-state index in [1.165, 1.54) is 0 Å². The predicted molar refractivity (Wildman–Crippen MR) is 58.5 cm³/mol. The fraction of sp³-hybridized carbons (Fsp3) is 0.900. The topological polar surface area (TPSA) is 67.6 Å². The van der Waals surface area contributed by atoms with Crippen LogP contribution in [0.25, 0.3) is 0 Å². The van der Waals surface area contributed by atoms with Gasteiger partial charge in [-0.25, -0.2) is 0 Å². The highest BCUT2D eigenvalue weighted by Crippen LogP contribution is 2.20. The summed E-state index contributed by atoms with van der Waals surface area (Å²) in [5.41, 5.74) is 5.57. The second-order valence-electron chi connectivity index (χ2n) is 4.47. The smallest absolute Gasteiger partial charge is 0.238 e. The molecule has 5 nitrogen and oxygen atoms in total. The van der Waals surface area contributed by atoms with Crippen LogP contribution in [0.1, 0.15) is 13.8 Å². The summed E-state index contributed by atoms with van der Waals surface area (Å²) in [7, 11) is 1.66. The fourth-order valence-electron chi connectivity index (χ4n) is 1.97. The first-order valence-corrected chi connectivity index (χ1v) is 5.26. The van der Waals surface area contributed by atoms with Crippen LogP contribution in [-0.4, -0.2) is 55.7 Å². The van der Waals surface area contributed by atoms with Crippen LogP contribution in [0.3, 0.4) is 0 Å². The molecule has 1 fully saturated rings. The molecule has 1 heterocycles. The van der Waals surface area contributed by atoms with E-state index in [1.54, 1.807) is 7.11 Å². The number of methoxy groups -OCH3 is 1. The number of nitrogens with two attached hydrogens (primary N) is 1. The number of hydrogen-bond acceptors (Lipinski definition) is 4. The van der Waals surface area contributed by atoms with Gasteiger partial charge in [0.15, 0.2) is 0 Å². The molecule has 1 saturated heterocycles. The molecule has 0 spiro atoms. The van der Waals surface area contributed by atoms with Gasteiger partial charge in [-0.05, 0) is 13.8 Å². The molecule has 1 aliphatic heterocycles. The van der Waals surface area contributed by atoms with E-state index >= 15 is 0 Å². The van der Waals surface area contributed by atoms with E-state index in [9.17, 15) is 4.79 Å². The summed E-state index contributed by atoms with van der Waals surface area (Å²) in [5, 5.41) is 2.88. The molecule has 0 bridgehead atoms. The average Bonchev–Trinajstić information content (AvgIpc) is 2.19. The lowest BCUT2D eigenvalue weighted by atomic mass is 9.96. The van der Waals surface area contributed by atoms with Gasteiger partial charge in [-0.3, -0.25) is 9.69 Å². The Morgan fingerprint density at radius 3 is 2.87 bits per heavy atom. The molecule has 15 heavy (non-hydrogen) atoms. The number of nitrogens with one attached hydrogen (secondary N) is 1. The van der Waals surface area contributed by atoms with E-state index in [1.807, 2.05) is 0 Å². The maximum absolute atomic E-state index is 11.6. The van der Waals surface area contributed by atoms with E-state index in [-0.39, 0.29) is 17.5 Å². The minimum Gasteiger partial charge on any atom is -0.383 e. The highest BCUT2D eigenvalue weighted by atomic mass is 16.5. The molecule has 1 atom stereocenters. The number of piperazine rings is 1. The molecular formula is C10H21N3O2. The summed E-state index contributed by atoms with van der Waals surface area (Å²) in [6.45, 7) is 6.56. The summed E-state index contributed by atoms with van der Waals surface area (Å²) in [4.78, 5) is 13.7. The molecule has 0 aromatic rings. The summed E-state index contributed by atoms with van der Waals surface area (Å²) < 4.78 is 5.05. The second kappa shape index (κ2) is 4.92. The quantitative estimate of drug-likeness (QED) is 0.642. The number of ether oxygens (including phenoxy) is 1. The van der Waals surface area contributed by atoms with Crippen LogP contribution >= 0.6 is 0 Å². The van der Waals surface area contributed by atoms with Gasteiger partial charge in [0.1, 0.15) is 6.04 Å². The van der Waals surface area contributed by atoms with E-state index in [0.29, 0.717) is 19.7 Å². The normalized spacial score (nSPS) is 26.4. The van der Waals surface area contributed by atoms with Gasteiger partial charge in [-0.15, -0.1) is 0 Å². The zero-order valence-electron chi connectivity index (χ0n) is 9.75. The van der Waals surface area contributed by atoms with Crippen molar-refractivity contribution in [3.05, 3.63) is 0 Å². The first kappa shape index (κ1) is 12.4. The highest BCUT2D eigenvalue weighted by Gasteiger charge is 2.39. The van der Waals surface area contributed by atoms with E-state index in [4.69, 9.17) is 10.5 Å². The van der Waals surface area contributed by atoms with Crippen molar-refractivity contribution in [3.8, 4) is 0 Å². The Labute approximate surface area is 90.9 Å². The summed E-state index contributed by atoms with van der Waals surface area (Å²) in [5.74, 6) is 0.0212. The van der Waals surface area contributed by atoms with Crippen LogP contribution in [0.5, 0.6) is 0 Å². The van der Waals surface area contributed by atoms with Crippen LogP contribution in [0.2, 0.25) is 0 Å². The van der Waals surface area contributed by atoms with Crippen molar-refractivity contribution in [1.29, 1.82) is 0 Å². The monoisotopic (exact) mass is 215 g/mol. The second-order valence-corrected chi connectivity index (χ2v) is 4.47. The molecule has 1 amide bonds. The maximum atomic E-state index is 11.6. The van der Waals surface area contributed by atoms with E-state index < -0.39 is 0 Å². The number of nitrogens with zero attached hydrogens (tertiary/aromatic N) is 1. The molecule has 88 valence electrons. The number of carbonyl (C=O) groups is 1. The Balaban J connectivity index is 2.74. The Kier molecular flexibility index (Phi) is 4.07. The van der Waals surface area contributed by atoms with Crippen molar-refractivity contribution < 1.29 is 9.53 Å². The minimum atomic E-state index is -0.233. The average molecular weight is 215 g/mol. The van der Waals surface area contributed by atoms with Crippen LogP contribution in [0, 0.1) is 0 Å². The lowest BCUT2D eigenvalue weighted by Crippen LogP contribution is -2.67. The Morgan fingerprint density at radius 1 is 1.67 bits per heavy atom. The third kappa shape index (κ3) is 2.68. The van der Waals surface area contributed by atoms with Crippen molar-refractivity contribution >= 4 is 5.91 Å². The van der Waals surface area contributed by atoms with Crippen molar-refractivity contribution in [1.82, 2.24) is 10.2 Å². The fourth-order valence-corrected chi connectivity index (χ4v) is 1.97. The van der Waals surface area contributed by atoms with E-state index in [0.717, 1.165) is 6.54 Å². The SMILES string of the molecule is COCCN1C(CN)C(=O)NCC1(C)C. The van der Waals surface area contributed by atoms with Gasteiger partial charge in [0.2, 0.25) is 5.91 Å². The standard InChI is InChI=1S/C10H21N3O2/c1-10(2)7-12-9(14)8(6-11)13(10)4-5-15-3/h8H,4-7,11H2,1-3H3,(H,12,14). The summed E-state index contributed by atoms with van der Waals surface area (Å²) >= 11 is 0. The molecule has 0 aromatic heterocycles. The van der Waals surface area contributed by atoms with Gasteiger partial charge in [-0.2, -0.15) is 0 Å². The van der Waals surface area contributed by atoms with Crippen LogP contribution in [0.4, 0.5) is 0 Å². The first-order valence-electron chi connectivity index (χ1n) is 5.26. The van der Waals surface area contributed by atoms with Crippen LogP contribution in [-0.2, 0) is 9.53 Å². The van der Waals surface area contributed by atoms with E-state index in [2.05, 4.69) is 24.1 Å². The molecule has 1 aliphatic rings. The number of carbonyl (C=O) groups excluding carboxylic acids is 1. The summed E-state index contributed by atoms with van der Waals surface area (Å²) in [6.07, 6.45) is 0. The molecular weight excluding hydrogens is 194 g/mol. The third-order valence-electron chi connectivity index (χ3n) is 2.91. The Hall–Kier alpha value is -0.650. The van der Waals surface area contributed by atoms with Gasteiger partial charge in [0, 0.05) is 32.3 Å². The lowest BCUT2D eigenvalue weighted by molar-refractivity contribution is -0.134. The number of amides is 1. The summed E-state index contributed by atoms with van der Waals surface area (Å²) in [6, 6.07) is -0.233. The van der Waals surface area contributed by atoms with Crippen molar-refractivity contribution in [3.63, 3.8) is 0 Å². The molecule has 0 aromatic carbocycles. The molecule has 0 aliphatic carbocycles. The molecule has 0 saturated carbocycles. The van der Waals surface area contributed by atoms with Gasteiger partial charge in [0.25, 0.3) is 0 Å². The zero-order valence-corrected chi connectivity index (χ0v) is 9.75. The zero-order chi connectivity index (χ0) is 11.5. The maximum Gasteiger partial charge on any atom is 0.238 e. The molecule has 1 rings (SSSR count). The highest BCUT2D eigenvalue weighted by molar-refractivity contribution is 5.83. The molecule has 3 N–H and O–H groups in total. The third-order valence-corrected chi connectivity index (χ3v) is 2.91. The van der Waals surface area contributed by atoms with Gasteiger partial charge >= 0.3 is 0 Å². The van der Waals surface area contributed by atoms with Crippen LogP contribution in [0.15, 0.2) is 0 Å². The number of hydrogen-bond donors (Lipinski definition) is 2. The van der Waals surface area contributed by atoms with Crippen LogP contribution < -0.4 is 11.1 Å². The Morgan fingerprint density at radius 2 is 2.33 bits per heavy atom. The van der Waals surface area contributed by atoms with Crippen molar-refractivity contribution in [2.24, 2.45) is 5.73 Å². The van der Waals surface area contributed by atoms with Crippen molar-refractivity contribution in [2.75, 3.05) is 33.4 Å². The number of rotatable bonds is 4.